The lowest BCUT2D eigenvalue weighted by Gasteiger charge is -2.47. The highest BCUT2D eigenvalue weighted by atomic mass is 19.4. The van der Waals surface area contributed by atoms with Gasteiger partial charge in [-0.15, -0.1) is 0 Å². The van der Waals surface area contributed by atoms with Gasteiger partial charge >= 0.3 is 6.18 Å². The van der Waals surface area contributed by atoms with E-state index in [1.165, 1.54) is 4.90 Å². The minimum Gasteiger partial charge on any atom is -0.386 e. The van der Waals surface area contributed by atoms with Crippen LogP contribution in [0.25, 0.3) is 0 Å². The number of hydrogen-bond acceptors (Lipinski definition) is 3. The molecule has 1 aliphatic heterocycles. The second kappa shape index (κ2) is 4.13. The second-order valence-electron chi connectivity index (χ2n) is 4.85. The van der Waals surface area contributed by atoms with Crippen molar-refractivity contribution >= 4 is 5.91 Å². The fourth-order valence-electron chi connectivity index (χ4n) is 2.09. The van der Waals surface area contributed by atoms with Crippen LogP contribution in [0, 0.1) is 5.92 Å². The second-order valence-corrected chi connectivity index (χ2v) is 4.85. The van der Waals surface area contributed by atoms with Gasteiger partial charge in [-0.2, -0.15) is 13.2 Å². The molecule has 2 N–H and O–H groups in total. The Morgan fingerprint density at radius 2 is 2.00 bits per heavy atom. The van der Waals surface area contributed by atoms with Crippen LogP contribution >= 0.6 is 0 Å². The summed E-state index contributed by atoms with van der Waals surface area (Å²) in [5.74, 6) is -0.116. The van der Waals surface area contributed by atoms with Crippen molar-refractivity contribution in [1.82, 2.24) is 10.2 Å². The summed E-state index contributed by atoms with van der Waals surface area (Å²) >= 11 is 0. The Balaban J connectivity index is 1.65. The number of alkyl halides is 3. The number of β-amino-alcohol motifs (C(OH)–C–C–N with tert-alkyl or cyclic N) is 1. The maximum atomic E-state index is 11.8. The van der Waals surface area contributed by atoms with Crippen LogP contribution in [-0.2, 0) is 4.79 Å². The Labute approximate surface area is 96.8 Å². The number of rotatable bonds is 4. The van der Waals surface area contributed by atoms with Crippen LogP contribution in [0.2, 0.25) is 0 Å². The van der Waals surface area contributed by atoms with Gasteiger partial charge in [0.05, 0.1) is 26.2 Å². The van der Waals surface area contributed by atoms with E-state index in [2.05, 4.69) is 0 Å². The average molecular weight is 252 g/mol. The first-order valence-corrected chi connectivity index (χ1v) is 5.58. The maximum Gasteiger partial charge on any atom is 0.401 e. The summed E-state index contributed by atoms with van der Waals surface area (Å²) in [4.78, 5) is 12.8. The summed E-state index contributed by atoms with van der Waals surface area (Å²) in [5.41, 5.74) is -0.778. The third-order valence-electron chi connectivity index (χ3n) is 3.22. The molecular formula is C10H15F3N2O2. The van der Waals surface area contributed by atoms with Gasteiger partial charge in [0.25, 0.3) is 0 Å². The van der Waals surface area contributed by atoms with Crippen molar-refractivity contribution in [3.63, 3.8) is 0 Å². The summed E-state index contributed by atoms with van der Waals surface area (Å²) in [6, 6.07) is 0. The molecule has 4 nitrogen and oxygen atoms in total. The van der Waals surface area contributed by atoms with E-state index in [0.717, 1.165) is 12.8 Å². The van der Waals surface area contributed by atoms with Gasteiger partial charge in [-0.05, 0) is 18.8 Å². The largest absolute Gasteiger partial charge is 0.401 e. The number of nitrogens with one attached hydrogen (secondary N) is 1. The molecule has 0 atom stereocenters. The molecule has 2 fully saturated rings. The summed E-state index contributed by atoms with van der Waals surface area (Å²) < 4.78 is 35.4. The van der Waals surface area contributed by atoms with E-state index in [9.17, 15) is 23.1 Å². The smallest absolute Gasteiger partial charge is 0.386 e. The Morgan fingerprint density at radius 3 is 2.47 bits per heavy atom. The number of carbonyl (C=O) groups excluding carboxylic acids is 1. The Bertz CT molecular complexity index is 309. The lowest BCUT2D eigenvalue weighted by Crippen LogP contribution is -2.65. The number of hydrogen-bond donors (Lipinski definition) is 2. The van der Waals surface area contributed by atoms with Gasteiger partial charge in [-0.1, -0.05) is 0 Å². The zero-order valence-corrected chi connectivity index (χ0v) is 9.26. The number of halogens is 3. The van der Waals surface area contributed by atoms with Crippen molar-refractivity contribution in [3.8, 4) is 0 Å². The lowest BCUT2D eigenvalue weighted by atomic mass is 9.89. The summed E-state index contributed by atoms with van der Waals surface area (Å²) in [6.45, 7) is -0.992. The number of amides is 1. The van der Waals surface area contributed by atoms with Gasteiger partial charge in [-0.25, -0.2) is 0 Å². The van der Waals surface area contributed by atoms with E-state index in [1.54, 1.807) is 0 Å². The van der Waals surface area contributed by atoms with E-state index < -0.39 is 18.3 Å². The lowest BCUT2D eigenvalue weighted by molar-refractivity contribution is -0.159. The van der Waals surface area contributed by atoms with Crippen molar-refractivity contribution < 1.29 is 23.1 Å². The fraction of sp³-hybridized carbons (Fsp3) is 0.900. The van der Waals surface area contributed by atoms with Crippen molar-refractivity contribution in [2.45, 2.75) is 24.6 Å². The van der Waals surface area contributed by atoms with Crippen LogP contribution in [0.5, 0.6) is 0 Å². The van der Waals surface area contributed by atoms with Gasteiger partial charge in [0.2, 0.25) is 5.91 Å². The van der Waals surface area contributed by atoms with Crippen molar-refractivity contribution in [1.29, 1.82) is 0 Å². The highest BCUT2D eigenvalue weighted by Gasteiger charge is 2.53. The molecule has 7 heteroatoms. The van der Waals surface area contributed by atoms with E-state index >= 15 is 0 Å². The van der Waals surface area contributed by atoms with Crippen molar-refractivity contribution in [2.75, 3.05) is 26.2 Å². The highest BCUT2D eigenvalue weighted by Crippen LogP contribution is 2.44. The molecule has 0 aromatic carbocycles. The van der Waals surface area contributed by atoms with E-state index in [1.807, 2.05) is 5.32 Å². The monoisotopic (exact) mass is 252 g/mol. The molecule has 0 bridgehead atoms. The third kappa shape index (κ3) is 3.10. The average Bonchev–Trinajstić information content (AvgIpc) is 2.93. The van der Waals surface area contributed by atoms with E-state index in [4.69, 9.17) is 0 Å². The molecule has 0 spiro atoms. The van der Waals surface area contributed by atoms with Crippen LogP contribution in [0.3, 0.4) is 0 Å². The van der Waals surface area contributed by atoms with Crippen LogP contribution in [0.1, 0.15) is 12.8 Å². The Kier molecular flexibility index (Phi) is 3.07. The number of nitrogens with zero attached hydrogens (tertiary/aromatic N) is 1. The highest BCUT2D eigenvalue weighted by molar-refractivity contribution is 5.79. The SMILES string of the molecule is O=C(CNCC(F)(F)F)N1CC(O)(C2CC2)C1. The van der Waals surface area contributed by atoms with Crippen LogP contribution in [0.4, 0.5) is 13.2 Å². The van der Waals surface area contributed by atoms with Crippen molar-refractivity contribution in [2.24, 2.45) is 5.92 Å². The zero-order chi connectivity index (χ0) is 12.7. The molecule has 2 rings (SSSR count). The zero-order valence-electron chi connectivity index (χ0n) is 9.26. The van der Waals surface area contributed by atoms with Crippen LogP contribution < -0.4 is 5.32 Å². The number of likely N-dealkylation sites (tertiary alicyclic amines) is 1. The van der Waals surface area contributed by atoms with Gasteiger partial charge in [0.1, 0.15) is 5.60 Å². The first kappa shape index (κ1) is 12.6. The van der Waals surface area contributed by atoms with Gasteiger partial charge in [-0.3, -0.25) is 4.79 Å². The Hall–Kier alpha value is -0.820. The minimum absolute atomic E-state index is 0.254. The normalized spacial score (nSPS) is 23.4. The molecule has 17 heavy (non-hydrogen) atoms. The quantitative estimate of drug-likeness (QED) is 0.747. The molecular weight excluding hydrogens is 237 g/mol. The van der Waals surface area contributed by atoms with Crippen LogP contribution in [0.15, 0.2) is 0 Å². The van der Waals surface area contributed by atoms with E-state index in [0.29, 0.717) is 0 Å². The number of carbonyl (C=O) groups is 1. The van der Waals surface area contributed by atoms with Crippen LogP contribution in [-0.4, -0.2) is 53.9 Å². The molecule has 0 aromatic heterocycles. The summed E-state index contributed by atoms with van der Waals surface area (Å²) in [6.07, 6.45) is -2.35. The van der Waals surface area contributed by atoms with Crippen molar-refractivity contribution in [3.05, 3.63) is 0 Å². The molecule has 0 aromatic rings. The fourth-order valence-corrected chi connectivity index (χ4v) is 2.09. The Morgan fingerprint density at radius 1 is 1.41 bits per heavy atom. The molecule has 0 radical (unpaired) electrons. The van der Waals surface area contributed by atoms with E-state index in [-0.39, 0.29) is 31.5 Å². The minimum atomic E-state index is -4.30. The molecule has 1 amide bonds. The first-order chi connectivity index (χ1) is 7.80. The number of aliphatic hydroxyl groups is 1. The molecule has 1 saturated heterocycles. The molecule has 1 aliphatic carbocycles. The first-order valence-electron chi connectivity index (χ1n) is 5.58. The molecule has 98 valence electrons. The maximum absolute atomic E-state index is 11.8. The molecule has 2 aliphatic rings. The van der Waals surface area contributed by atoms with Gasteiger partial charge in [0.15, 0.2) is 0 Å². The molecule has 0 unspecified atom stereocenters. The topological polar surface area (TPSA) is 52.6 Å². The third-order valence-corrected chi connectivity index (χ3v) is 3.22. The molecule has 1 saturated carbocycles. The standard InChI is InChI=1S/C10H15F3N2O2/c11-10(12,13)4-14-3-8(16)15-5-9(17,6-15)7-1-2-7/h7,14,17H,1-6H2. The predicted molar refractivity (Wildman–Crippen MR) is 53.2 cm³/mol. The van der Waals surface area contributed by atoms with Gasteiger partial charge < -0.3 is 15.3 Å². The summed E-state index contributed by atoms with van der Waals surface area (Å²) in [7, 11) is 0. The molecule has 1 heterocycles. The summed E-state index contributed by atoms with van der Waals surface area (Å²) in [5, 5.41) is 12.0. The predicted octanol–water partition coefficient (Wildman–Crippen LogP) is 0.122. The van der Waals surface area contributed by atoms with Gasteiger partial charge in [0, 0.05) is 0 Å².